The highest BCUT2D eigenvalue weighted by atomic mass is 16.6. The quantitative estimate of drug-likeness (QED) is 0.192. The van der Waals surface area contributed by atoms with E-state index < -0.39 is 0 Å². The number of methoxy groups -OCH3 is 1. The van der Waals surface area contributed by atoms with Gasteiger partial charge in [0, 0.05) is 6.42 Å². The molecular weight excluding hydrogens is 276 g/mol. The monoisotopic (exact) mass is 310 g/mol. The first-order valence-electron chi connectivity index (χ1n) is 9.15. The lowest BCUT2D eigenvalue weighted by molar-refractivity contribution is -0.140. The minimum Gasteiger partial charge on any atom is -0.469 e. The summed E-state index contributed by atoms with van der Waals surface area (Å²) in [6.07, 6.45) is 19.5. The largest absolute Gasteiger partial charge is 0.469 e. The molecular formula is C19H34O3. The molecule has 0 saturated carbocycles. The zero-order valence-electron chi connectivity index (χ0n) is 14.5. The summed E-state index contributed by atoms with van der Waals surface area (Å²) in [5.41, 5.74) is 0. The molecule has 2 unspecified atom stereocenters. The number of hydrogen-bond acceptors (Lipinski definition) is 3. The van der Waals surface area contributed by atoms with Crippen molar-refractivity contribution in [2.75, 3.05) is 7.11 Å². The first-order chi connectivity index (χ1) is 10.8. The van der Waals surface area contributed by atoms with Crippen LogP contribution in [-0.4, -0.2) is 25.3 Å². The average molecular weight is 310 g/mol. The number of hydrogen-bond donors (Lipinski definition) is 0. The Balaban J connectivity index is 1.80. The van der Waals surface area contributed by atoms with Gasteiger partial charge < -0.3 is 9.47 Å². The molecule has 0 aliphatic carbocycles. The second kappa shape index (κ2) is 12.7. The summed E-state index contributed by atoms with van der Waals surface area (Å²) in [4.78, 5) is 10.9. The van der Waals surface area contributed by atoms with Gasteiger partial charge in [0.15, 0.2) is 0 Å². The Bertz CT molecular complexity index is 312. The van der Waals surface area contributed by atoms with Crippen LogP contribution in [-0.2, 0) is 14.3 Å². The molecule has 0 amide bonds. The number of epoxide rings is 1. The van der Waals surface area contributed by atoms with E-state index in [2.05, 4.69) is 23.8 Å². The maximum atomic E-state index is 10.9. The molecule has 0 bridgehead atoms. The molecule has 22 heavy (non-hydrogen) atoms. The van der Waals surface area contributed by atoms with Crippen LogP contribution in [0.15, 0.2) is 12.2 Å². The lowest BCUT2D eigenvalue weighted by Gasteiger charge is -2.00. The second-order valence-electron chi connectivity index (χ2n) is 6.30. The topological polar surface area (TPSA) is 38.8 Å². The molecule has 1 heterocycles. The number of carbonyl (C=O) groups is 1. The van der Waals surface area contributed by atoms with Crippen LogP contribution < -0.4 is 0 Å². The van der Waals surface area contributed by atoms with Gasteiger partial charge in [0.05, 0.1) is 19.3 Å². The molecule has 0 spiro atoms. The van der Waals surface area contributed by atoms with Crippen LogP contribution in [0.5, 0.6) is 0 Å². The van der Waals surface area contributed by atoms with Crippen LogP contribution >= 0.6 is 0 Å². The van der Waals surface area contributed by atoms with Crippen molar-refractivity contribution >= 4 is 5.97 Å². The van der Waals surface area contributed by atoms with Crippen LogP contribution in [0.3, 0.4) is 0 Å². The Morgan fingerprint density at radius 2 is 1.77 bits per heavy atom. The second-order valence-corrected chi connectivity index (χ2v) is 6.30. The van der Waals surface area contributed by atoms with Gasteiger partial charge >= 0.3 is 5.97 Å². The highest BCUT2D eigenvalue weighted by Crippen LogP contribution is 2.30. The van der Waals surface area contributed by atoms with Crippen molar-refractivity contribution in [2.45, 2.75) is 96.2 Å². The van der Waals surface area contributed by atoms with E-state index in [0.29, 0.717) is 18.6 Å². The van der Waals surface area contributed by atoms with Crippen molar-refractivity contribution in [3.8, 4) is 0 Å². The predicted octanol–water partition coefficient (Wildman–Crippen LogP) is 5.18. The Morgan fingerprint density at radius 1 is 1.00 bits per heavy atom. The summed E-state index contributed by atoms with van der Waals surface area (Å²) in [6.45, 7) is 2.24. The van der Waals surface area contributed by atoms with E-state index in [4.69, 9.17) is 4.74 Å². The lowest BCUT2D eigenvalue weighted by Crippen LogP contribution is -1.99. The highest BCUT2D eigenvalue weighted by Gasteiger charge is 2.36. The zero-order valence-corrected chi connectivity index (χ0v) is 14.5. The SMILES string of the molecule is CCCCCC1OC1C/C=C/CCCCCCCC(=O)OC. The number of rotatable bonds is 14. The van der Waals surface area contributed by atoms with E-state index in [-0.39, 0.29) is 5.97 Å². The van der Waals surface area contributed by atoms with Crippen molar-refractivity contribution < 1.29 is 14.3 Å². The molecule has 2 atom stereocenters. The van der Waals surface area contributed by atoms with E-state index in [0.717, 1.165) is 19.3 Å². The third kappa shape index (κ3) is 9.99. The molecule has 3 nitrogen and oxygen atoms in total. The molecule has 0 aromatic carbocycles. The average Bonchev–Trinajstić information content (AvgIpc) is 3.27. The highest BCUT2D eigenvalue weighted by molar-refractivity contribution is 5.68. The van der Waals surface area contributed by atoms with E-state index in [9.17, 15) is 4.79 Å². The third-order valence-corrected chi connectivity index (χ3v) is 4.29. The standard InChI is InChI=1S/C19H34O3/c1-3-4-11-14-17-18(22-17)15-12-9-7-5-6-8-10-13-16-19(20)21-2/h9,12,17-18H,3-8,10-11,13-16H2,1-2H3/b12-9+. The van der Waals surface area contributed by atoms with Crippen molar-refractivity contribution in [2.24, 2.45) is 0 Å². The predicted molar refractivity (Wildman–Crippen MR) is 90.9 cm³/mol. The van der Waals surface area contributed by atoms with Gasteiger partial charge in [0.2, 0.25) is 0 Å². The van der Waals surface area contributed by atoms with Crippen LogP contribution in [0, 0.1) is 0 Å². The van der Waals surface area contributed by atoms with Gasteiger partial charge in [0.25, 0.3) is 0 Å². The molecule has 1 fully saturated rings. The van der Waals surface area contributed by atoms with Crippen LogP contribution in [0.4, 0.5) is 0 Å². The zero-order chi connectivity index (χ0) is 16.0. The Labute approximate surface area is 136 Å². The molecule has 1 aliphatic rings. The summed E-state index contributed by atoms with van der Waals surface area (Å²) in [5.74, 6) is -0.0850. The van der Waals surface area contributed by atoms with Gasteiger partial charge in [-0.15, -0.1) is 0 Å². The van der Waals surface area contributed by atoms with Crippen molar-refractivity contribution in [3.05, 3.63) is 12.2 Å². The van der Waals surface area contributed by atoms with Crippen LogP contribution in [0.1, 0.15) is 84.0 Å². The molecule has 128 valence electrons. The molecule has 3 heteroatoms. The van der Waals surface area contributed by atoms with Crippen molar-refractivity contribution in [1.82, 2.24) is 0 Å². The van der Waals surface area contributed by atoms with Crippen molar-refractivity contribution in [1.29, 1.82) is 0 Å². The fourth-order valence-corrected chi connectivity index (χ4v) is 2.75. The first kappa shape index (κ1) is 19.2. The van der Waals surface area contributed by atoms with Gasteiger partial charge in [0.1, 0.15) is 0 Å². The minimum atomic E-state index is -0.0850. The Kier molecular flexibility index (Phi) is 11.1. The molecule has 0 N–H and O–H groups in total. The Morgan fingerprint density at radius 3 is 2.55 bits per heavy atom. The van der Waals surface area contributed by atoms with Crippen LogP contribution in [0.2, 0.25) is 0 Å². The minimum absolute atomic E-state index is 0.0850. The smallest absolute Gasteiger partial charge is 0.305 e. The van der Waals surface area contributed by atoms with E-state index in [1.807, 2.05) is 0 Å². The number of carbonyl (C=O) groups excluding carboxylic acids is 1. The van der Waals surface area contributed by atoms with Gasteiger partial charge in [-0.25, -0.2) is 0 Å². The summed E-state index contributed by atoms with van der Waals surface area (Å²) in [5, 5.41) is 0. The van der Waals surface area contributed by atoms with Gasteiger partial charge in [-0.1, -0.05) is 57.6 Å². The number of esters is 1. The van der Waals surface area contributed by atoms with Crippen molar-refractivity contribution in [3.63, 3.8) is 0 Å². The maximum absolute atomic E-state index is 10.9. The Hall–Kier alpha value is -0.830. The molecule has 0 aromatic heterocycles. The maximum Gasteiger partial charge on any atom is 0.305 e. The first-order valence-corrected chi connectivity index (χ1v) is 9.15. The van der Waals surface area contributed by atoms with E-state index in [1.54, 1.807) is 0 Å². The molecule has 1 rings (SSSR count). The normalized spacial score (nSPS) is 20.5. The fraction of sp³-hybridized carbons (Fsp3) is 0.842. The fourth-order valence-electron chi connectivity index (χ4n) is 2.75. The van der Waals surface area contributed by atoms with Crippen LogP contribution in [0.25, 0.3) is 0 Å². The molecule has 1 aliphatic heterocycles. The summed E-state index contributed by atoms with van der Waals surface area (Å²) >= 11 is 0. The summed E-state index contributed by atoms with van der Waals surface area (Å²) in [7, 11) is 1.45. The number of unbranched alkanes of at least 4 members (excludes halogenated alkanes) is 7. The molecule has 0 radical (unpaired) electrons. The number of allylic oxidation sites excluding steroid dienone is 1. The lowest BCUT2D eigenvalue weighted by atomic mass is 10.1. The molecule has 0 aromatic rings. The van der Waals surface area contributed by atoms with Gasteiger partial charge in [-0.3, -0.25) is 4.79 Å². The summed E-state index contributed by atoms with van der Waals surface area (Å²) < 4.78 is 10.3. The van der Waals surface area contributed by atoms with E-state index >= 15 is 0 Å². The molecule has 1 saturated heterocycles. The third-order valence-electron chi connectivity index (χ3n) is 4.29. The van der Waals surface area contributed by atoms with E-state index in [1.165, 1.54) is 58.5 Å². The van der Waals surface area contributed by atoms with Gasteiger partial charge in [-0.2, -0.15) is 0 Å². The number of ether oxygens (including phenoxy) is 2. The summed E-state index contributed by atoms with van der Waals surface area (Å²) in [6, 6.07) is 0. The van der Waals surface area contributed by atoms with Gasteiger partial charge in [-0.05, 0) is 32.1 Å².